The molecule has 0 aliphatic heterocycles. The number of rotatable bonds is 0. The molecule has 0 N–H and O–H groups in total. The first-order chi connectivity index (χ1) is 3.39. The maximum atomic E-state index is 5.19. The minimum absolute atomic E-state index is 0.0718. The molecule has 4 nitrogen and oxygen atoms in total. The Labute approximate surface area is 44.6 Å². The predicted molar refractivity (Wildman–Crippen MR) is 22.6 cm³/mol. The van der Waals surface area contributed by atoms with Crippen LogP contribution in [0.4, 0.5) is 0 Å². The van der Waals surface area contributed by atoms with Crippen molar-refractivity contribution in [2.45, 2.75) is 0 Å². The lowest BCUT2D eigenvalue weighted by Crippen LogP contribution is -1.86. The average Bonchev–Trinajstić information content (AvgIpc) is 1.69. The highest BCUT2D eigenvalue weighted by Crippen LogP contribution is 1.87. The van der Waals surface area contributed by atoms with Gasteiger partial charge in [0.05, 0.1) is 0 Å². The van der Waals surface area contributed by atoms with Crippen LogP contribution in [0.5, 0.6) is 0 Å². The van der Waals surface area contributed by atoms with E-state index >= 15 is 0 Å². The van der Waals surface area contributed by atoms with Gasteiger partial charge in [0.15, 0.2) is 6.33 Å². The summed E-state index contributed by atoms with van der Waals surface area (Å²) < 4.78 is 0. The second kappa shape index (κ2) is 1.79. The van der Waals surface area contributed by atoms with Crippen LogP contribution in [0.2, 0.25) is 5.28 Å². The molecule has 0 saturated carbocycles. The normalized spacial score (nSPS) is 8.71. The highest BCUT2D eigenvalue weighted by atomic mass is 35.5. The number of hydrogen-bond donors (Lipinski definition) is 0. The van der Waals surface area contributed by atoms with Crippen LogP contribution >= 0.6 is 11.6 Å². The van der Waals surface area contributed by atoms with E-state index in [1.165, 1.54) is 6.33 Å². The first kappa shape index (κ1) is 4.39. The molecule has 1 heterocycles. The maximum Gasteiger partial charge on any atom is 0.262 e. The third-order valence-electron chi connectivity index (χ3n) is 0.384. The Balaban J connectivity index is 3.02. The van der Waals surface area contributed by atoms with Gasteiger partial charge in [-0.1, -0.05) is 0 Å². The fourth-order valence-corrected chi connectivity index (χ4v) is 0.277. The van der Waals surface area contributed by atoms with Gasteiger partial charge < -0.3 is 0 Å². The standard InChI is InChI=1S/C2HClN4/c3-2-6-4-1-5-7-2/h1H. The van der Waals surface area contributed by atoms with Crippen molar-refractivity contribution in [3.63, 3.8) is 0 Å². The van der Waals surface area contributed by atoms with E-state index in [0.717, 1.165) is 0 Å². The van der Waals surface area contributed by atoms with Crippen molar-refractivity contribution in [1.82, 2.24) is 20.4 Å². The SMILES string of the molecule is Clc1nncnn1. The zero-order chi connectivity index (χ0) is 5.11. The van der Waals surface area contributed by atoms with Gasteiger partial charge in [-0.05, 0) is 11.6 Å². The fraction of sp³-hybridized carbons (Fsp3) is 0. The van der Waals surface area contributed by atoms with Crippen LogP contribution < -0.4 is 0 Å². The number of hydrogen-bond acceptors (Lipinski definition) is 4. The second-order valence-corrected chi connectivity index (χ2v) is 1.15. The van der Waals surface area contributed by atoms with Gasteiger partial charge in [0.25, 0.3) is 5.28 Å². The molecule has 0 bridgehead atoms. The molecule has 0 spiro atoms. The van der Waals surface area contributed by atoms with Crippen LogP contribution in [0.25, 0.3) is 0 Å². The summed E-state index contributed by atoms with van der Waals surface area (Å²) in [6.45, 7) is 0. The second-order valence-electron chi connectivity index (χ2n) is 0.815. The summed E-state index contributed by atoms with van der Waals surface area (Å²) in [5, 5.41) is 13.4. The van der Waals surface area contributed by atoms with Crippen molar-refractivity contribution in [3.8, 4) is 0 Å². The highest BCUT2D eigenvalue weighted by molar-refractivity contribution is 6.28. The molecular formula is C2HClN4. The molecule has 0 aliphatic rings. The Kier molecular flexibility index (Phi) is 1.12. The summed E-state index contributed by atoms with van der Waals surface area (Å²) in [6.07, 6.45) is 1.21. The molecular weight excluding hydrogens is 116 g/mol. The molecule has 1 aromatic heterocycles. The van der Waals surface area contributed by atoms with E-state index in [9.17, 15) is 0 Å². The van der Waals surface area contributed by atoms with Gasteiger partial charge in [0.2, 0.25) is 0 Å². The van der Waals surface area contributed by atoms with Crippen LogP contribution in [0.1, 0.15) is 0 Å². The summed E-state index contributed by atoms with van der Waals surface area (Å²) in [5.41, 5.74) is 0. The molecule has 0 saturated heterocycles. The van der Waals surface area contributed by atoms with Gasteiger partial charge >= 0.3 is 0 Å². The van der Waals surface area contributed by atoms with Crippen LogP contribution in [-0.4, -0.2) is 20.4 Å². The number of aromatic nitrogens is 4. The molecule has 0 aromatic carbocycles. The Morgan fingerprint density at radius 3 is 2.14 bits per heavy atom. The summed E-state index contributed by atoms with van der Waals surface area (Å²) in [5.74, 6) is 0. The fourth-order valence-electron chi connectivity index (χ4n) is 0.190. The van der Waals surface area contributed by atoms with Crippen molar-refractivity contribution >= 4 is 11.6 Å². The van der Waals surface area contributed by atoms with Crippen LogP contribution in [0, 0.1) is 0 Å². The van der Waals surface area contributed by atoms with Gasteiger partial charge in [-0.15, -0.1) is 20.4 Å². The van der Waals surface area contributed by atoms with Crippen LogP contribution in [0.15, 0.2) is 6.33 Å². The molecule has 1 aromatic rings. The lowest BCUT2D eigenvalue weighted by Gasteiger charge is -1.76. The van der Waals surface area contributed by atoms with Crippen molar-refractivity contribution in [1.29, 1.82) is 0 Å². The molecule has 1 rings (SSSR count). The van der Waals surface area contributed by atoms with E-state index in [4.69, 9.17) is 11.6 Å². The lowest BCUT2D eigenvalue weighted by atomic mass is 11.3. The zero-order valence-electron chi connectivity index (χ0n) is 3.24. The minimum Gasteiger partial charge on any atom is -0.134 e. The Morgan fingerprint density at radius 2 is 1.86 bits per heavy atom. The predicted octanol–water partition coefficient (Wildman–Crippen LogP) is -0.0800. The van der Waals surface area contributed by atoms with Crippen LogP contribution in [0.3, 0.4) is 0 Å². The van der Waals surface area contributed by atoms with Crippen molar-refractivity contribution in [2.24, 2.45) is 0 Å². The third-order valence-corrected chi connectivity index (χ3v) is 0.535. The van der Waals surface area contributed by atoms with E-state index in [0.29, 0.717) is 0 Å². The Morgan fingerprint density at radius 1 is 1.29 bits per heavy atom. The quantitative estimate of drug-likeness (QED) is 0.476. The largest absolute Gasteiger partial charge is 0.262 e. The molecule has 36 valence electrons. The van der Waals surface area contributed by atoms with Crippen molar-refractivity contribution < 1.29 is 0 Å². The maximum absolute atomic E-state index is 5.19. The van der Waals surface area contributed by atoms with Gasteiger partial charge in [-0.2, -0.15) is 0 Å². The average molecular weight is 117 g/mol. The first-order valence-electron chi connectivity index (χ1n) is 1.55. The van der Waals surface area contributed by atoms with Crippen molar-refractivity contribution in [3.05, 3.63) is 11.6 Å². The topological polar surface area (TPSA) is 51.6 Å². The van der Waals surface area contributed by atoms with Crippen molar-refractivity contribution in [2.75, 3.05) is 0 Å². The molecule has 5 heteroatoms. The monoisotopic (exact) mass is 116 g/mol. The van der Waals surface area contributed by atoms with Gasteiger partial charge in [-0.3, -0.25) is 0 Å². The molecule has 0 unspecified atom stereocenters. The Hall–Kier alpha value is -0.770. The van der Waals surface area contributed by atoms with Gasteiger partial charge in [-0.25, -0.2) is 0 Å². The molecule has 0 amide bonds. The summed E-state index contributed by atoms with van der Waals surface area (Å²) in [6, 6.07) is 0. The summed E-state index contributed by atoms with van der Waals surface area (Å²) in [7, 11) is 0. The van der Waals surface area contributed by atoms with E-state index in [2.05, 4.69) is 20.4 Å². The van der Waals surface area contributed by atoms with E-state index in [1.54, 1.807) is 0 Å². The smallest absolute Gasteiger partial charge is 0.134 e. The van der Waals surface area contributed by atoms with E-state index in [-0.39, 0.29) is 5.28 Å². The lowest BCUT2D eigenvalue weighted by molar-refractivity contribution is 0.854. The molecule has 0 atom stereocenters. The minimum atomic E-state index is 0.0718. The summed E-state index contributed by atoms with van der Waals surface area (Å²) in [4.78, 5) is 0. The molecule has 0 aliphatic carbocycles. The first-order valence-corrected chi connectivity index (χ1v) is 1.93. The van der Waals surface area contributed by atoms with E-state index in [1.807, 2.05) is 0 Å². The van der Waals surface area contributed by atoms with E-state index < -0.39 is 0 Å². The third kappa shape index (κ3) is 1.04. The zero-order valence-corrected chi connectivity index (χ0v) is 4.00. The molecule has 0 radical (unpaired) electrons. The van der Waals surface area contributed by atoms with Crippen LogP contribution in [-0.2, 0) is 0 Å². The number of halogens is 1. The molecule has 0 fully saturated rings. The number of nitrogens with zero attached hydrogens (tertiary/aromatic N) is 4. The summed E-state index contributed by atoms with van der Waals surface area (Å²) >= 11 is 5.19. The highest BCUT2D eigenvalue weighted by Gasteiger charge is 1.81. The van der Waals surface area contributed by atoms with Gasteiger partial charge in [0, 0.05) is 0 Å². The Bertz CT molecular complexity index is 140. The van der Waals surface area contributed by atoms with Gasteiger partial charge in [0.1, 0.15) is 0 Å². The molecule has 7 heavy (non-hydrogen) atoms.